The molecule has 0 amide bonds. The average Bonchev–Trinajstić information content (AvgIpc) is 2.92. The first-order valence-electron chi connectivity index (χ1n) is 9.63. The second kappa shape index (κ2) is 7.76. The highest BCUT2D eigenvalue weighted by Gasteiger charge is 2.25. The van der Waals surface area contributed by atoms with Gasteiger partial charge in [0.1, 0.15) is 16.5 Å². The summed E-state index contributed by atoms with van der Waals surface area (Å²) in [6.07, 6.45) is 3.83. The molecule has 2 fully saturated rings. The molecule has 142 valence electrons. The highest BCUT2D eigenvalue weighted by molar-refractivity contribution is 7.18. The summed E-state index contributed by atoms with van der Waals surface area (Å²) in [6.45, 7) is 8.43. The van der Waals surface area contributed by atoms with E-state index in [1.807, 2.05) is 0 Å². The predicted octanol–water partition coefficient (Wildman–Crippen LogP) is 2.86. The Morgan fingerprint density at radius 2 is 1.96 bits per heavy atom. The molecule has 1 aliphatic carbocycles. The fraction of sp³-hybridized carbons (Fsp3) is 0.684. The second-order valence-corrected chi connectivity index (χ2v) is 8.65. The van der Waals surface area contributed by atoms with E-state index in [4.69, 9.17) is 14.7 Å². The Hall–Kier alpha value is -1.28. The van der Waals surface area contributed by atoms with E-state index < -0.39 is 0 Å². The molecule has 2 aromatic heterocycles. The van der Waals surface area contributed by atoms with Crippen molar-refractivity contribution in [3.05, 3.63) is 16.3 Å². The molecule has 2 aromatic rings. The van der Waals surface area contributed by atoms with Crippen LogP contribution in [0.1, 0.15) is 41.9 Å². The van der Waals surface area contributed by atoms with Crippen molar-refractivity contribution in [1.29, 1.82) is 0 Å². The summed E-state index contributed by atoms with van der Waals surface area (Å²) in [5.41, 5.74) is 1.25. The van der Waals surface area contributed by atoms with Crippen LogP contribution in [0.3, 0.4) is 0 Å². The van der Waals surface area contributed by atoms with Crippen molar-refractivity contribution >= 4 is 27.4 Å². The lowest BCUT2D eigenvalue weighted by atomic mass is 9.92. The van der Waals surface area contributed by atoms with Crippen molar-refractivity contribution in [3.63, 3.8) is 0 Å². The van der Waals surface area contributed by atoms with E-state index in [0.717, 1.165) is 80.4 Å². The molecule has 6 nitrogen and oxygen atoms in total. The molecule has 3 heterocycles. The Labute approximate surface area is 158 Å². The van der Waals surface area contributed by atoms with E-state index in [0.29, 0.717) is 0 Å². The van der Waals surface area contributed by atoms with Crippen LogP contribution >= 0.6 is 11.3 Å². The number of hydrogen-bond donors (Lipinski definition) is 2. The van der Waals surface area contributed by atoms with Crippen molar-refractivity contribution in [2.75, 3.05) is 31.6 Å². The molecule has 2 aliphatic rings. The number of aromatic nitrogens is 2. The largest absolute Gasteiger partial charge is 0.391 e. The predicted molar refractivity (Wildman–Crippen MR) is 105 cm³/mol. The number of hydrogen-bond acceptors (Lipinski definition) is 7. The lowest BCUT2D eigenvalue weighted by Gasteiger charge is -2.29. The van der Waals surface area contributed by atoms with Crippen LogP contribution in [-0.4, -0.2) is 58.4 Å². The van der Waals surface area contributed by atoms with Crippen LogP contribution in [0, 0.1) is 13.8 Å². The molecule has 0 unspecified atom stereocenters. The smallest absolute Gasteiger partial charge is 0.146 e. The molecule has 1 saturated carbocycles. The van der Waals surface area contributed by atoms with Gasteiger partial charge >= 0.3 is 0 Å². The van der Waals surface area contributed by atoms with Gasteiger partial charge in [0.2, 0.25) is 0 Å². The van der Waals surface area contributed by atoms with E-state index in [-0.39, 0.29) is 12.1 Å². The minimum atomic E-state index is -0.295. The monoisotopic (exact) mass is 376 g/mol. The number of aryl methyl sites for hydroxylation is 2. The molecule has 1 saturated heterocycles. The summed E-state index contributed by atoms with van der Waals surface area (Å²) in [6, 6.07) is 0.0812. The molecule has 0 radical (unpaired) electrons. The van der Waals surface area contributed by atoms with Crippen molar-refractivity contribution in [2.45, 2.75) is 58.2 Å². The van der Waals surface area contributed by atoms with Gasteiger partial charge in [-0.2, -0.15) is 0 Å². The fourth-order valence-corrected chi connectivity index (χ4v) is 4.93. The van der Waals surface area contributed by atoms with Gasteiger partial charge in [-0.15, -0.1) is 11.3 Å². The highest BCUT2D eigenvalue weighted by atomic mass is 32.1. The summed E-state index contributed by atoms with van der Waals surface area (Å²) in [4.78, 5) is 14.4. The van der Waals surface area contributed by atoms with Crippen LogP contribution < -0.4 is 5.32 Å². The maximum absolute atomic E-state index is 10.4. The number of anilines is 1. The Morgan fingerprint density at radius 1 is 1.19 bits per heavy atom. The van der Waals surface area contributed by atoms with Gasteiger partial charge in [0, 0.05) is 18.0 Å². The number of thiophene rings is 1. The lowest BCUT2D eigenvalue weighted by Crippen LogP contribution is -2.37. The molecule has 4 rings (SSSR count). The SMILES string of the molecule is Cc1sc2nc(CN3CCOCC3)nc(N[C@H]3CCCC[C@@H]3O)c2c1C. The number of fused-ring (bicyclic) bond motifs is 1. The number of aliphatic hydroxyl groups is 1. The number of rotatable bonds is 4. The Kier molecular flexibility index (Phi) is 5.40. The zero-order chi connectivity index (χ0) is 18.1. The standard InChI is InChI=1S/C19H28N4O2S/c1-12-13(2)26-19-17(12)18(20-14-5-3-4-6-15(14)24)21-16(22-19)11-23-7-9-25-10-8-23/h14-15,24H,3-11H2,1-2H3,(H,20,21,22)/t14-,15-/m0/s1. The summed E-state index contributed by atoms with van der Waals surface area (Å²) in [5, 5.41) is 15.1. The topological polar surface area (TPSA) is 70.5 Å². The first-order chi connectivity index (χ1) is 12.6. The summed E-state index contributed by atoms with van der Waals surface area (Å²) < 4.78 is 5.44. The Morgan fingerprint density at radius 3 is 2.73 bits per heavy atom. The fourth-order valence-electron chi connectivity index (χ4n) is 3.88. The minimum absolute atomic E-state index is 0.0812. The second-order valence-electron chi connectivity index (χ2n) is 7.44. The molecular weight excluding hydrogens is 348 g/mol. The van der Waals surface area contributed by atoms with Gasteiger partial charge in [-0.1, -0.05) is 12.8 Å². The lowest BCUT2D eigenvalue weighted by molar-refractivity contribution is 0.0331. The van der Waals surface area contributed by atoms with Crippen LogP contribution in [0.5, 0.6) is 0 Å². The molecule has 7 heteroatoms. The summed E-state index contributed by atoms with van der Waals surface area (Å²) >= 11 is 1.74. The zero-order valence-corrected chi connectivity index (χ0v) is 16.4. The maximum atomic E-state index is 10.4. The van der Waals surface area contributed by atoms with E-state index >= 15 is 0 Å². The van der Waals surface area contributed by atoms with Crippen molar-refractivity contribution < 1.29 is 9.84 Å². The molecule has 1 aliphatic heterocycles. The van der Waals surface area contributed by atoms with Crippen LogP contribution in [0.2, 0.25) is 0 Å². The average molecular weight is 377 g/mol. The first-order valence-corrected chi connectivity index (χ1v) is 10.4. The quantitative estimate of drug-likeness (QED) is 0.855. The molecule has 0 aromatic carbocycles. The zero-order valence-electron chi connectivity index (χ0n) is 15.6. The van der Waals surface area contributed by atoms with E-state index in [2.05, 4.69) is 24.1 Å². The Bertz CT molecular complexity index is 772. The van der Waals surface area contributed by atoms with E-state index in [9.17, 15) is 5.11 Å². The van der Waals surface area contributed by atoms with Gasteiger partial charge in [-0.05, 0) is 32.3 Å². The van der Waals surface area contributed by atoms with Gasteiger partial charge in [0.05, 0.1) is 37.3 Å². The molecule has 2 atom stereocenters. The third-order valence-electron chi connectivity index (χ3n) is 5.60. The third kappa shape index (κ3) is 3.71. The van der Waals surface area contributed by atoms with Crippen molar-refractivity contribution in [2.24, 2.45) is 0 Å². The molecule has 2 N–H and O–H groups in total. The maximum Gasteiger partial charge on any atom is 0.146 e. The Balaban J connectivity index is 1.66. The number of ether oxygens (including phenoxy) is 1. The third-order valence-corrected chi connectivity index (χ3v) is 6.70. The summed E-state index contributed by atoms with van der Waals surface area (Å²) in [5.74, 6) is 1.75. The number of aliphatic hydroxyl groups excluding tert-OH is 1. The molecular formula is C19H28N4O2S. The van der Waals surface area contributed by atoms with Crippen LogP contribution in [0.15, 0.2) is 0 Å². The van der Waals surface area contributed by atoms with Gasteiger partial charge in [0.15, 0.2) is 0 Å². The minimum Gasteiger partial charge on any atom is -0.391 e. The van der Waals surface area contributed by atoms with Gasteiger partial charge in [0.25, 0.3) is 0 Å². The van der Waals surface area contributed by atoms with Crippen molar-refractivity contribution in [3.8, 4) is 0 Å². The van der Waals surface area contributed by atoms with Gasteiger partial charge in [-0.25, -0.2) is 9.97 Å². The normalized spacial score (nSPS) is 24.9. The number of nitrogens with zero attached hydrogens (tertiary/aromatic N) is 3. The van der Waals surface area contributed by atoms with E-state index in [1.54, 1.807) is 11.3 Å². The highest BCUT2D eigenvalue weighted by Crippen LogP contribution is 2.34. The molecule has 26 heavy (non-hydrogen) atoms. The summed E-state index contributed by atoms with van der Waals surface area (Å²) in [7, 11) is 0. The van der Waals surface area contributed by atoms with Crippen LogP contribution in [0.25, 0.3) is 10.2 Å². The number of morpholine rings is 1. The van der Waals surface area contributed by atoms with Gasteiger partial charge in [-0.3, -0.25) is 4.90 Å². The van der Waals surface area contributed by atoms with Gasteiger partial charge < -0.3 is 15.2 Å². The first kappa shape index (κ1) is 18.1. The van der Waals surface area contributed by atoms with Crippen LogP contribution in [0.4, 0.5) is 5.82 Å². The van der Waals surface area contributed by atoms with Crippen LogP contribution in [-0.2, 0) is 11.3 Å². The van der Waals surface area contributed by atoms with Crippen molar-refractivity contribution in [1.82, 2.24) is 14.9 Å². The van der Waals surface area contributed by atoms with E-state index in [1.165, 1.54) is 10.4 Å². The molecule has 0 spiro atoms. The molecule has 0 bridgehead atoms. The number of nitrogens with one attached hydrogen (secondary N) is 1.